The van der Waals surface area contributed by atoms with E-state index in [1.165, 1.54) is 0 Å². The van der Waals surface area contributed by atoms with Gasteiger partial charge in [0.05, 0.1) is 12.5 Å². The van der Waals surface area contributed by atoms with Gasteiger partial charge in [0, 0.05) is 12.5 Å². The smallest absolute Gasteiger partial charge is 0.193 e. The number of aryl methyl sites for hydroxylation is 1. The Labute approximate surface area is 100 Å². The van der Waals surface area contributed by atoms with E-state index in [0.29, 0.717) is 16.7 Å². The number of methoxy groups -OCH3 is 1. The van der Waals surface area contributed by atoms with Crippen LogP contribution >= 0.6 is 0 Å². The van der Waals surface area contributed by atoms with Gasteiger partial charge >= 0.3 is 0 Å². The average Bonchev–Trinajstić information content (AvgIpc) is 2.36. The van der Waals surface area contributed by atoms with Crippen molar-refractivity contribution in [3.8, 4) is 5.75 Å². The van der Waals surface area contributed by atoms with Crippen LogP contribution in [0.2, 0.25) is 0 Å². The van der Waals surface area contributed by atoms with Gasteiger partial charge in [0.2, 0.25) is 0 Å². The Hall–Kier alpha value is -1.77. The van der Waals surface area contributed by atoms with Gasteiger partial charge < -0.3 is 9.15 Å². The number of ether oxygens (including phenoxy) is 1. The number of unbranched alkanes of at least 4 members (excludes halogenated alkanes) is 1. The maximum atomic E-state index is 11.9. The van der Waals surface area contributed by atoms with E-state index >= 15 is 0 Å². The Morgan fingerprint density at radius 3 is 2.82 bits per heavy atom. The number of fused-ring (bicyclic) bond motifs is 1. The first kappa shape index (κ1) is 11.7. The lowest BCUT2D eigenvalue weighted by Crippen LogP contribution is -2.02. The van der Waals surface area contributed by atoms with Crippen LogP contribution in [-0.4, -0.2) is 7.11 Å². The molecule has 17 heavy (non-hydrogen) atoms. The molecule has 0 atom stereocenters. The molecule has 1 heterocycles. The molecule has 0 saturated carbocycles. The first-order chi connectivity index (χ1) is 8.24. The van der Waals surface area contributed by atoms with Crippen molar-refractivity contribution in [1.82, 2.24) is 0 Å². The maximum absolute atomic E-state index is 11.9. The largest absolute Gasteiger partial charge is 0.497 e. The van der Waals surface area contributed by atoms with Gasteiger partial charge in [-0.2, -0.15) is 0 Å². The van der Waals surface area contributed by atoms with E-state index in [1.807, 2.05) is 0 Å². The van der Waals surface area contributed by atoms with Gasteiger partial charge in [-0.3, -0.25) is 4.79 Å². The SMILES string of the molecule is CCCCc1cc(=O)c2cc(OC)ccc2o1. The highest BCUT2D eigenvalue weighted by Crippen LogP contribution is 2.19. The fourth-order valence-electron chi connectivity index (χ4n) is 1.79. The summed E-state index contributed by atoms with van der Waals surface area (Å²) in [6.07, 6.45) is 2.93. The quantitative estimate of drug-likeness (QED) is 0.813. The van der Waals surface area contributed by atoms with Crippen LogP contribution in [0.5, 0.6) is 5.75 Å². The van der Waals surface area contributed by atoms with Crippen LogP contribution in [0.15, 0.2) is 33.5 Å². The summed E-state index contributed by atoms with van der Waals surface area (Å²) in [4.78, 5) is 11.9. The van der Waals surface area contributed by atoms with Crippen molar-refractivity contribution < 1.29 is 9.15 Å². The van der Waals surface area contributed by atoms with Crippen molar-refractivity contribution in [1.29, 1.82) is 0 Å². The molecule has 0 spiro atoms. The lowest BCUT2D eigenvalue weighted by atomic mass is 10.1. The summed E-state index contributed by atoms with van der Waals surface area (Å²) in [6.45, 7) is 2.12. The molecule has 0 N–H and O–H groups in total. The molecule has 0 fully saturated rings. The van der Waals surface area contributed by atoms with Crippen LogP contribution < -0.4 is 10.2 Å². The van der Waals surface area contributed by atoms with Gasteiger partial charge in [-0.1, -0.05) is 13.3 Å². The van der Waals surface area contributed by atoms with Gasteiger partial charge in [-0.05, 0) is 24.6 Å². The molecule has 0 unspecified atom stereocenters. The summed E-state index contributed by atoms with van der Waals surface area (Å²) < 4.78 is 10.8. The molecule has 0 saturated heterocycles. The van der Waals surface area contributed by atoms with Crippen LogP contribution in [0.1, 0.15) is 25.5 Å². The van der Waals surface area contributed by atoms with Gasteiger partial charge in [0.1, 0.15) is 17.1 Å². The number of rotatable bonds is 4. The second kappa shape index (κ2) is 5.04. The Morgan fingerprint density at radius 2 is 2.12 bits per heavy atom. The normalized spacial score (nSPS) is 10.7. The summed E-state index contributed by atoms with van der Waals surface area (Å²) >= 11 is 0. The number of hydrogen-bond donors (Lipinski definition) is 0. The molecule has 2 aromatic rings. The van der Waals surface area contributed by atoms with E-state index in [1.54, 1.807) is 31.4 Å². The predicted molar refractivity (Wildman–Crippen MR) is 67.6 cm³/mol. The van der Waals surface area contributed by atoms with E-state index in [-0.39, 0.29) is 5.43 Å². The van der Waals surface area contributed by atoms with E-state index in [9.17, 15) is 4.79 Å². The third-order valence-electron chi connectivity index (χ3n) is 2.76. The zero-order valence-electron chi connectivity index (χ0n) is 10.2. The Kier molecular flexibility index (Phi) is 3.47. The maximum Gasteiger partial charge on any atom is 0.193 e. The molecule has 0 aliphatic carbocycles. The summed E-state index contributed by atoms with van der Waals surface area (Å²) in [5, 5.41) is 0.574. The minimum atomic E-state index is -0.00347. The number of benzene rings is 1. The minimum Gasteiger partial charge on any atom is -0.497 e. The predicted octanol–water partition coefficient (Wildman–Crippen LogP) is 3.14. The van der Waals surface area contributed by atoms with Crippen molar-refractivity contribution in [2.75, 3.05) is 7.11 Å². The van der Waals surface area contributed by atoms with Crippen molar-refractivity contribution in [2.24, 2.45) is 0 Å². The fourth-order valence-corrected chi connectivity index (χ4v) is 1.79. The first-order valence-corrected chi connectivity index (χ1v) is 5.85. The molecular formula is C14H16O3. The number of hydrogen-bond acceptors (Lipinski definition) is 3. The second-order valence-corrected chi connectivity index (χ2v) is 4.04. The summed E-state index contributed by atoms with van der Waals surface area (Å²) in [5.74, 6) is 1.43. The fraction of sp³-hybridized carbons (Fsp3) is 0.357. The summed E-state index contributed by atoms with van der Waals surface area (Å²) in [6, 6.07) is 6.88. The monoisotopic (exact) mass is 232 g/mol. The Balaban J connectivity index is 2.48. The third kappa shape index (κ3) is 2.49. The molecule has 3 heteroatoms. The molecule has 0 aliphatic rings. The zero-order chi connectivity index (χ0) is 12.3. The van der Waals surface area contributed by atoms with Crippen molar-refractivity contribution in [3.05, 3.63) is 40.2 Å². The molecule has 1 aromatic carbocycles. The highest BCUT2D eigenvalue weighted by Gasteiger charge is 2.05. The highest BCUT2D eigenvalue weighted by atomic mass is 16.5. The van der Waals surface area contributed by atoms with E-state index in [2.05, 4.69) is 6.92 Å². The topological polar surface area (TPSA) is 39.4 Å². The molecule has 0 bridgehead atoms. The van der Waals surface area contributed by atoms with E-state index < -0.39 is 0 Å². The zero-order valence-corrected chi connectivity index (χ0v) is 10.2. The summed E-state index contributed by atoms with van der Waals surface area (Å²) in [7, 11) is 1.58. The molecule has 2 rings (SSSR count). The molecule has 0 radical (unpaired) electrons. The van der Waals surface area contributed by atoms with Crippen LogP contribution in [0, 0.1) is 0 Å². The van der Waals surface area contributed by atoms with Gasteiger partial charge in [-0.25, -0.2) is 0 Å². The lowest BCUT2D eigenvalue weighted by molar-refractivity contribution is 0.415. The molecule has 0 aliphatic heterocycles. The minimum absolute atomic E-state index is 0.00347. The molecule has 1 aromatic heterocycles. The van der Waals surface area contributed by atoms with E-state index in [0.717, 1.165) is 25.0 Å². The van der Waals surface area contributed by atoms with Crippen molar-refractivity contribution >= 4 is 11.0 Å². The van der Waals surface area contributed by atoms with E-state index in [4.69, 9.17) is 9.15 Å². The Morgan fingerprint density at radius 1 is 1.29 bits per heavy atom. The Bertz CT molecular complexity index is 569. The van der Waals surface area contributed by atoms with Crippen LogP contribution in [0.4, 0.5) is 0 Å². The van der Waals surface area contributed by atoms with Gasteiger partial charge in [0.25, 0.3) is 0 Å². The molecule has 90 valence electrons. The lowest BCUT2D eigenvalue weighted by Gasteiger charge is -2.04. The molecular weight excluding hydrogens is 216 g/mol. The molecule has 0 amide bonds. The second-order valence-electron chi connectivity index (χ2n) is 4.04. The van der Waals surface area contributed by atoms with Crippen molar-refractivity contribution in [3.63, 3.8) is 0 Å². The van der Waals surface area contributed by atoms with Gasteiger partial charge in [0.15, 0.2) is 5.43 Å². The highest BCUT2D eigenvalue weighted by molar-refractivity contribution is 5.78. The molecule has 3 nitrogen and oxygen atoms in total. The average molecular weight is 232 g/mol. The first-order valence-electron chi connectivity index (χ1n) is 5.85. The standard InChI is InChI=1S/C14H16O3/c1-3-4-5-11-9-13(15)12-8-10(16-2)6-7-14(12)17-11/h6-9H,3-5H2,1-2H3. The van der Waals surface area contributed by atoms with Crippen molar-refractivity contribution in [2.45, 2.75) is 26.2 Å². The van der Waals surface area contributed by atoms with Crippen LogP contribution in [-0.2, 0) is 6.42 Å². The summed E-state index contributed by atoms with van der Waals surface area (Å²) in [5.41, 5.74) is 0.626. The van der Waals surface area contributed by atoms with Gasteiger partial charge in [-0.15, -0.1) is 0 Å². The third-order valence-corrected chi connectivity index (χ3v) is 2.76. The van der Waals surface area contributed by atoms with Crippen LogP contribution in [0.3, 0.4) is 0 Å². The van der Waals surface area contributed by atoms with Crippen LogP contribution in [0.25, 0.3) is 11.0 Å².